The number of aromatic nitrogens is 1. The Bertz CT molecular complexity index is 1390. The average Bonchev–Trinajstić information content (AvgIpc) is 3.21. The van der Waals surface area contributed by atoms with Gasteiger partial charge in [-0.15, -0.1) is 0 Å². The number of phenols is 1. The van der Waals surface area contributed by atoms with E-state index in [9.17, 15) is 19.8 Å². The summed E-state index contributed by atoms with van der Waals surface area (Å²) in [6, 6.07) is 17.1. The number of carboxylic acids is 1. The third kappa shape index (κ3) is 4.11. The lowest BCUT2D eigenvalue weighted by Crippen LogP contribution is -2.05. The molecule has 1 aromatic heterocycles. The molecule has 4 aromatic rings. The molecule has 0 saturated heterocycles. The van der Waals surface area contributed by atoms with Gasteiger partial charge in [0.25, 0.3) is 0 Å². The molecule has 4 rings (SSSR count). The van der Waals surface area contributed by atoms with Crippen molar-refractivity contribution in [1.82, 2.24) is 4.98 Å². The van der Waals surface area contributed by atoms with Gasteiger partial charge >= 0.3 is 5.97 Å². The molecule has 0 atom stereocenters. The van der Waals surface area contributed by atoms with E-state index in [0.29, 0.717) is 27.9 Å². The molecule has 6 heteroatoms. The van der Waals surface area contributed by atoms with Crippen LogP contribution in [-0.2, 0) is 4.79 Å². The van der Waals surface area contributed by atoms with Crippen LogP contribution in [0.1, 0.15) is 28.4 Å². The van der Waals surface area contributed by atoms with Crippen molar-refractivity contribution in [3.8, 4) is 28.7 Å². The fourth-order valence-electron chi connectivity index (χ4n) is 3.40. The van der Waals surface area contributed by atoms with Gasteiger partial charge < -0.3 is 20.5 Å². The number of carbonyl (C=O) groups is 2. The summed E-state index contributed by atoms with van der Waals surface area (Å²) in [6.07, 6.45) is 1.82. The minimum atomic E-state index is -1.05. The lowest BCUT2D eigenvalue weighted by molar-refractivity contribution is -0.114. The van der Waals surface area contributed by atoms with Gasteiger partial charge in [-0.2, -0.15) is 0 Å². The predicted molar refractivity (Wildman–Crippen MR) is 119 cm³/mol. The number of fused-ring (bicyclic) bond motifs is 1. The maximum atomic E-state index is 11.9. The Hall–Kier alpha value is -4.50. The molecule has 3 aromatic carbocycles. The van der Waals surface area contributed by atoms with Crippen molar-refractivity contribution in [2.24, 2.45) is 0 Å². The van der Waals surface area contributed by atoms with Gasteiger partial charge in [0.1, 0.15) is 5.75 Å². The second-order valence-electron chi connectivity index (χ2n) is 6.98. The zero-order chi connectivity index (χ0) is 22.0. The highest BCUT2D eigenvalue weighted by molar-refractivity contribution is 5.99. The third-order valence-corrected chi connectivity index (χ3v) is 4.79. The van der Waals surface area contributed by atoms with Gasteiger partial charge in [-0.1, -0.05) is 30.0 Å². The number of H-pyrrole nitrogens is 1. The summed E-state index contributed by atoms with van der Waals surface area (Å²) >= 11 is 0. The van der Waals surface area contributed by atoms with Crippen molar-refractivity contribution in [3.63, 3.8) is 0 Å². The Labute approximate surface area is 178 Å². The number of hydrogen-bond donors (Lipinski definition) is 4. The van der Waals surface area contributed by atoms with Crippen LogP contribution in [0.15, 0.2) is 66.9 Å². The average molecular weight is 410 g/mol. The number of aromatic hydroxyl groups is 1. The van der Waals surface area contributed by atoms with E-state index in [-0.39, 0.29) is 17.2 Å². The number of phenolic OH excluding ortho intramolecular Hbond substituents is 1. The summed E-state index contributed by atoms with van der Waals surface area (Å²) in [5.41, 5.74) is 3.57. The van der Waals surface area contributed by atoms with E-state index in [1.54, 1.807) is 24.3 Å². The molecule has 0 fully saturated rings. The van der Waals surface area contributed by atoms with Crippen molar-refractivity contribution >= 4 is 28.5 Å². The maximum absolute atomic E-state index is 11.9. The van der Waals surface area contributed by atoms with Crippen LogP contribution in [0.4, 0.5) is 5.69 Å². The van der Waals surface area contributed by atoms with Crippen LogP contribution in [0.5, 0.6) is 5.75 Å². The molecule has 31 heavy (non-hydrogen) atoms. The monoisotopic (exact) mass is 410 g/mol. The Morgan fingerprint density at radius 1 is 0.968 bits per heavy atom. The predicted octanol–water partition coefficient (Wildman–Crippen LogP) is 4.60. The van der Waals surface area contributed by atoms with Gasteiger partial charge in [0.2, 0.25) is 5.91 Å². The second-order valence-corrected chi connectivity index (χ2v) is 6.98. The van der Waals surface area contributed by atoms with Crippen molar-refractivity contribution < 1.29 is 19.8 Å². The number of aromatic carboxylic acids is 1. The first kappa shape index (κ1) is 19.8. The van der Waals surface area contributed by atoms with Gasteiger partial charge in [0.15, 0.2) is 0 Å². The summed E-state index contributed by atoms with van der Waals surface area (Å²) in [6.45, 7) is 1.39. The summed E-state index contributed by atoms with van der Waals surface area (Å²) < 4.78 is 0. The van der Waals surface area contributed by atoms with Crippen molar-refractivity contribution in [2.45, 2.75) is 6.92 Å². The molecule has 152 valence electrons. The Morgan fingerprint density at radius 3 is 2.55 bits per heavy atom. The van der Waals surface area contributed by atoms with Gasteiger partial charge in [-0.05, 0) is 53.4 Å². The molecule has 0 spiro atoms. The number of anilines is 1. The molecule has 0 radical (unpaired) electrons. The zero-order valence-electron chi connectivity index (χ0n) is 16.6. The third-order valence-electron chi connectivity index (χ3n) is 4.79. The number of aromatic amines is 1. The van der Waals surface area contributed by atoms with Gasteiger partial charge in [0, 0.05) is 35.5 Å². The molecule has 0 bridgehead atoms. The van der Waals surface area contributed by atoms with E-state index in [0.717, 1.165) is 10.9 Å². The van der Waals surface area contributed by atoms with E-state index >= 15 is 0 Å². The van der Waals surface area contributed by atoms with Crippen LogP contribution in [-0.4, -0.2) is 27.1 Å². The fourth-order valence-corrected chi connectivity index (χ4v) is 3.40. The fraction of sp³-hybridized carbons (Fsp3) is 0.0400. The number of carbonyl (C=O) groups excluding carboxylic acids is 1. The standard InChI is InChI=1S/C25H18N2O4/c1-15(28)27-20-9-10-23(29)18(13-20)7-6-17-3-2-4-21(25(30)31)24(17)19-8-5-16-11-12-26-22(16)14-19/h2-5,8-14,26,29H,1H3,(H,27,28)(H,30,31). The first-order valence-electron chi connectivity index (χ1n) is 9.49. The van der Waals surface area contributed by atoms with Crippen LogP contribution in [0.25, 0.3) is 22.0 Å². The Kier molecular flexibility index (Phi) is 5.17. The lowest BCUT2D eigenvalue weighted by atomic mass is 9.93. The smallest absolute Gasteiger partial charge is 0.336 e. The summed E-state index contributed by atoms with van der Waals surface area (Å²) in [7, 11) is 0. The number of nitrogens with one attached hydrogen (secondary N) is 2. The maximum Gasteiger partial charge on any atom is 0.336 e. The van der Waals surface area contributed by atoms with Gasteiger partial charge in [0.05, 0.1) is 11.1 Å². The van der Waals surface area contributed by atoms with Crippen molar-refractivity contribution in [3.05, 3.63) is 83.6 Å². The van der Waals surface area contributed by atoms with Crippen LogP contribution in [0, 0.1) is 11.8 Å². The van der Waals surface area contributed by atoms with E-state index < -0.39 is 5.97 Å². The molecule has 0 aliphatic heterocycles. The number of amides is 1. The van der Waals surface area contributed by atoms with Crippen LogP contribution in [0.2, 0.25) is 0 Å². The normalized spacial score (nSPS) is 10.4. The summed E-state index contributed by atoms with van der Waals surface area (Å²) in [4.78, 5) is 26.3. The molecule has 0 aliphatic rings. The largest absolute Gasteiger partial charge is 0.507 e. The number of carboxylic acid groups (broad SMARTS) is 1. The molecule has 1 heterocycles. The highest BCUT2D eigenvalue weighted by Gasteiger charge is 2.15. The molecule has 0 saturated carbocycles. The van der Waals surface area contributed by atoms with E-state index in [1.165, 1.54) is 19.1 Å². The topological polar surface area (TPSA) is 102 Å². The summed E-state index contributed by atoms with van der Waals surface area (Å²) in [5.74, 6) is 4.56. The highest BCUT2D eigenvalue weighted by Crippen LogP contribution is 2.30. The van der Waals surface area contributed by atoms with Crippen LogP contribution in [0.3, 0.4) is 0 Å². The van der Waals surface area contributed by atoms with Gasteiger partial charge in [-0.3, -0.25) is 4.79 Å². The SMILES string of the molecule is CC(=O)Nc1ccc(O)c(C#Cc2cccc(C(=O)O)c2-c2ccc3cc[nH]c3c2)c1. The molecule has 1 amide bonds. The van der Waals surface area contributed by atoms with Crippen LogP contribution < -0.4 is 5.32 Å². The quantitative estimate of drug-likeness (QED) is 0.293. The van der Waals surface area contributed by atoms with Crippen molar-refractivity contribution in [1.29, 1.82) is 0 Å². The Balaban J connectivity index is 1.85. The molecule has 0 unspecified atom stereocenters. The van der Waals surface area contributed by atoms with E-state index in [2.05, 4.69) is 22.1 Å². The molecule has 6 nitrogen and oxygen atoms in total. The lowest BCUT2D eigenvalue weighted by Gasteiger charge is -2.10. The molecular weight excluding hydrogens is 392 g/mol. The molecular formula is C25H18N2O4. The summed E-state index contributed by atoms with van der Waals surface area (Å²) in [5, 5.41) is 23.6. The Morgan fingerprint density at radius 2 is 1.77 bits per heavy atom. The number of hydrogen-bond acceptors (Lipinski definition) is 3. The number of benzene rings is 3. The minimum Gasteiger partial charge on any atom is -0.507 e. The van der Waals surface area contributed by atoms with Gasteiger partial charge in [-0.25, -0.2) is 4.79 Å². The van der Waals surface area contributed by atoms with Crippen LogP contribution >= 0.6 is 0 Å². The second kappa shape index (κ2) is 8.09. The van der Waals surface area contributed by atoms with E-state index in [4.69, 9.17) is 0 Å². The first-order chi connectivity index (χ1) is 14.9. The number of rotatable bonds is 3. The minimum absolute atomic E-state index is 0.0367. The molecule has 0 aliphatic carbocycles. The highest BCUT2D eigenvalue weighted by atomic mass is 16.4. The molecule has 4 N–H and O–H groups in total. The van der Waals surface area contributed by atoms with E-state index in [1.807, 2.05) is 30.5 Å². The zero-order valence-corrected chi connectivity index (χ0v) is 16.6. The van der Waals surface area contributed by atoms with Crippen molar-refractivity contribution in [2.75, 3.05) is 5.32 Å². The first-order valence-corrected chi connectivity index (χ1v) is 9.49.